The lowest BCUT2D eigenvalue weighted by atomic mass is 10.2. The first kappa shape index (κ1) is 17.2. The molecule has 3 heterocycles. The van der Waals surface area contributed by atoms with Crippen LogP contribution in [0.1, 0.15) is 17.5 Å². The van der Waals surface area contributed by atoms with Gasteiger partial charge in [-0.05, 0) is 56.3 Å². The number of fused-ring (bicyclic) bond motifs is 1. The van der Waals surface area contributed by atoms with E-state index in [1.807, 2.05) is 11.1 Å². The topological polar surface area (TPSA) is 21.1 Å². The minimum absolute atomic E-state index is 0.545. The lowest BCUT2D eigenvalue weighted by molar-refractivity contribution is 0.334. The zero-order chi connectivity index (χ0) is 17.8. The van der Waals surface area contributed by atoms with Gasteiger partial charge >= 0.3 is 0 Å². The molecular weight excluding hydrogens is 313 g/mol. The number of aromatic nitrogens is 2. The highest BCUT2D eigenvalue weighted by atomic mass is 19.1. The molecule has 25 heavy (non-hydrogen) atoms. The van der Waals surface area contributed by atoms with E-state index < -0.39 is 6.17 Å². The zero-order valence-corrected chi connectivity index (χ0v) is 14.8. The van der Waals surface area contributed by atoms with Gasteiger partial charge in [0.25, 0.3) is 0 Å². The lowest BCUT2D eigenvalue weighted by Crippen LogP contribution is -2.12. The number of likely N-dealkylation sites (tertiary alicyclic amines) is 1. The van der Waals surface area contributed by atoms with E-state index in [9.17, 15) is 4.39 Å². The van der Waals surface area contributed by atoms with E-state index in [-0.39, 0.29) is 0 Å². The largest absolute Gasteiger partial charge is 0.375 e. The van der Waals surface area contributed by atoms with E-state index in [1.165, 1.54) is 16.5 Å². The molecule has 0 spiro atoms. The van der Waals surface area contributed by atoms with Gasteiger partial charge in [-0.3, -0.25) is 0 Å². The molecule has 0 amide bonds. The SMILES string of the molecule is C=CN1CCC(F)C1.Cc1ccc(-n2ccc3cc(C)cnc32)cc1. The van der Waals surface area contributed by atoms with Crippen LogP contribution in [0.5, 0.6) is 0 Å². The summed E-state index contributed by atoms with van der Waals surface area (Å²) in [6, 6.07) is 12.7. The maximum Gasteiger partial charge on any atom is 0.144 e. The number of nitrogens with zero attached hydrogens (tertiary/aromatic N) is 3. The summed E-state index contributed by atoms with van der Waals surface area (Å²) in [7, 11) is 0. The minimum Gasteiger partial charge on any atom is -0.375 e. The molecule has 130 valence electrons. The Morgan fingerprint density at radius 1 is 1.16 bits per heavy atom. The molecule has 0 aliphatic carbocycles. The smallest absolute Gasteiger partial charge is 0.144 e. The fourth-order valence-corrected chi connectivity index (χ4v) is 2.96. The third kappa shape index (κ3) is 4.08. The summed E-state index contributed by atoms with van der Waals surface area (Å²) in [5, 5.41) is 1.19. The van der Waals surface area contributed by atoms with Crippen molar-refractivity contribution in [3.05, 3.63) is 72.7 Å². The van der Waals surface area contributed by atoms with E-state index in [0.717, 1.165) is 17.9 Å². The van der Waals surface area contributed by atoms with Crippen LogP contribution in [0, 0.1) is 13.8 Å². The van der Waals surface area contributed by atoms with Gasteiger partial charge in [0.15, 0.2) is 0 Å². The molecule has 0 saturated carbocycles. The van der Waals surface area contributed by atoms with Crippen molar-refractivity contribution in [3.8, 4) is 5.69 Å². The molecule has 4 heteroatoms. The van der Waals surface area contributed by atoms with Crippen molar-refractivity contribution < 1.29 is 4.39 Å². The molecule has 3 aromatic rings. The summed E-state index contributed by atoms with van der Waals surface area (Å²) in [5.41, 5.74) is 4.63. The van der Waals surface area contributed by atoms with Crippen LogP contribution < -0.4 is 0 Å². The number of benzene rings is 1. The highest BCUT2D eigenvalue weighted by Crippen LogP contribution is 2.19. The summed E-state index contributed by atoms with van der Waals surface area (Å²) in [5.74, 6) is 0. The van der Waals surface area contributed by atoms with Gasteiger partial charge in [-0.25, -0.2) is 9.37 Å². The lowest BCUT2D eigenvalue weighted by Gasteiger charge is -2.07. The summed E-state index contributed by atoms with van der Waals surface area (Å²) in [6.07, 6.45) is 5.73. The predicted molar refractivity (Wildman–Crippen MR) is 102 cm³/mol. The molecule has 1 aliphatic rings. The maximum atomic E-state index is 12.3. The van der Waals surface area contributed by atoms with Gasteiger partial charge in [0.1, 0.15) is 11.8 Å². The number of halogens is 1. The van der Waals surface area contributed by atoms with Gasteiger partial charge in [-0.2, -0.15) is 0 Å². The van der Waals surface area contributed by atoms with Crippen molar-refractivity contribution in [1.29, 1.82) is 0 Å². The van der Waals surface area contributed by atoms with Gasteiger partial charge in [0, 0.05) is 36.6 Å². The van der Waals surface area contributed by atoms with Gasteiger partial charge < -0.3 is 9.47 Å². The molecule has 1 unspecified atom stereocenters. The van der Waals surface area contributed by atoms with Gasteiger partial charge in [0.2, 0.25) is 0 Å². The van der Waals surface area contributed by atoms with Crippen LogP contribution in [-0.2, 0) is 0 Å². The van der Waals surface area contributed by atoms with Crippen molar-refractivity contribution in [2.24, 2.45) is 0 Å². The van der Waals surface area contributed by atoms with Crippen molar-refractivity contribution in [1.82, 2.24) is 14.5 Å². The zero-order valence-electron chi connectivity index (χ0n) is 14.8. The first-order valence-corrected chi connectivity index (χ1v) is 8.58. The van der Waals surface area contributed by atoms with Crippen LogP contribution in [0.2, 0.25) is 0 Å². The fourth-order valence-electron chi connectivity index (χ4n) is 2.96. The Bertz CT molecular complexity index is 851. The summed E-state index contributed by atoms with van der Waals surface area (Å²) in [6.45, 7) is 9.08. The van der Waals surface area contributed by atoms with E-state index in [1.54, 1.807) is 6.20 Å². The van der Waals surface area contributed by atoms with Crippen LogP contribution >= 0.6 is 0 Å². The predicted octanol–water partition coefficient (Wildman–Crippen LogP) is 4.82. The quantitative estimate of drug-likeness (QED) is 0.669. The summed E-state index contributed by atoms with van der Waals surface area (Å²) in [4.78, 5) is 6.40. The minimum atomic E-state index is -0.618. The standard InChI is InChI=1S/C15H14N2.C6H10FN/c1-11-3-5-14(6-4-11)17-8-7-13-9-12(2)10-16-15(13)17;1-2-8-4-3-6(7)5-8/h3-10H,1-2H3;2,6H,1,3-5H2. The second-order valence-electron chi connectivity index (χ2n) is 6.51. The van der Waals surface area contributed by atoms with Crippen molar-refractivity contribution in [2.75, 3.05) is 13.1 Å². The van der Waals surface area contributed by atoms with Crippen molar-refractivity contribution in [3.63, 3.8) is 0 Å². The third-order valence-corrected chi connectivity index (χ3v) is 4.40. The van der Waals surface area contributed by atoms with E-state index in [2.05, 4.69) is 72.6 Å². The normalized spacial score (nSPS) is 16.6. The Kier molecular flexibility index (Phi) is 5.17. The summed E-state index contributed by atoms with van der Waals surface area (Å²) < 4.78 is 14.4. The van der Waals surface area contributed by atoms with E-state index in [4.69, 9.17) is 0 Å². The number of pyridine rings is 1. The van der Waals surface area contributed by atoms with Crippen molar-refractivity contribution in [2.45, 2.75) is 26.4 Å². The second kappa shape index (κ2) is 7.51. The maximum absolute atomic E-state index is 12.3. The van der Waals surface area contributed by atoms with Crippen LogP contribution in [0.15, 0.2) is 61.6 Å². The number of alkyl halides is 1. The fraction of sp³-hybridized carbons (Fsp3) is 0.286. The molecule has 0 bridgehead atoms. The van der Waals surface area contributed by atoms with E-state index in [0.29, 0.717) is 13.0 Å². The Morgan fingerprint density at radius 2 is 1.92 bits per heavy atom. The van der Waals surface area contributed by atoms with E-state index >= 15 is 0 Å². The Hall–Kier alpha value is -2.62. The van der Waals surface area contributed by atoms with Gasteiger partial charge in [0.05, 0.1) is 0 Å². The first-order valence-electron chi connectivity index (χ1n) is 8.58. The third-order valence-electron chi connectivity index (χ3n) is 4.40. The highest BCUT2D eigenvalue weighted by Gasteiger charge is 2.17. The number of hydrogen-bond donors (Lipinski definition) is 0. The number of rotatable bonds is 2. The average Bonchev–Trinajstić information content (AvgIpc) is 3.22. The molecule has 1 aromatic carbocycles. The number of hydrogen-bond acceptors (Lipinski definition) is 2. The van der Waals surface area contributed by atoms with Gasteiger partial charge in [-0.15, -0.1) is 0 Å². The number of aryl methyl sites for hydroxylation is 2. The average molecular weight is 337 g/mol. The molecule has 1 atom stereocenters. The Morgan fingerprint density at radius 3 is 2.52 bits per heavy atom. The molecule has 4 rings (SSSR count). The van der Waals surface area contributed by atoms with Gasteiger partial charge in [-0.1, -0.05) is 24.3 Å². The first-order chi connectivity index (χ1) is 12.1. The second-order valence-corrected chi connectivity index (χ2v) is 6.51. The summed E-state index contributed by atoms with van der Waals surface area (Å²) >= 11 is 0. The molecule has 1 aliphatic heterocycles. The monoisotopic (exact) mass is 337 g/mol. The van der Waals surface area contributed by atoms with Crippen LogP contribution in [-0.4, -0.2) is 33.7 Å². The van der Waals surface area contributed by atoms with Crippen LogP contribution in [0.25, 0.3) is 16.7 Å². The molecule has 0 N–H and O–H groups in total. The molecule has 1 fully saturated rings. The van der Waals surface area contributed by atoms with Crippen LogP contribution in [0.4, 0.5) is 4.39 Å². The Labute approximate surface area is 148 Å². The Balaban J connectivity index is 0.000000192. The highest BCUT2D eigenvalue weighted by molar-refractivity contribution is 5.78. The van der Waals surface area contributed by atoms with Crippen molar-refractivity contribution >= 4 is 11.0 Å². The molecule has 1 saturated heterocycles. The molecule has 0 radical (unpaired) electrons. The molecule has 2 aromatic heterocycles. The molecular formula is C21H24FN3. The molecule has 3 nitrogen and oxygen atoms in total. The van der Waals surface area contributed by atoms with Crippen LogP contribution in [0.3, 0.4) is 0 Å².